The van der Waals surface area contributed by atoms with Crippen molar-refractivity contribution in [3.8, 4) is 0 Å². The minimum atomic E-state index is -1.66. The number of hydrogen-bond acceptors (Lipinski definition) is 4. The predicted octanol–water partition coefficient (Wildman–Crippen LogP) is 1.07. The van der Waals surface area contributed by atoms with Crippen LogP contribution < -0.4 is 10.8 Å². The standard InChI is InChI=1S/C12H16FN3O2/c1-3-12(16-18,11(17)15-2)10(14)8-6-4-5-7-9(8)13/h4-7,14,16,18H,3H2,1-2H3,(H,15,17). The first kappa shape index (κ1) is 14.3. The Morgan fingerprint density at radius 3 is 2.56 bits per heavy atom. The summed E-state index contributed by atoms with van der Waals surface area (Å²) in [6.07, 6.45) is 0.107. The van der Waals surface area contributed by atoms with Gasteiger partial charge in [0.2, 0.25) is 5.91 Å². The molecule has 6 heteroatoms. The molecular weight excluding hydrogens is 237 g/mol. The minimum Gasteiger partial charge on any atom is -0.357 e. The average Bonchev–Trinajstić information content (AvgIpc) is 2.40. The van der Waals surface area contributed by atoms with Crippen molar-refractivity contribution in [3.63, 3.8) is 0 Å². The lowest BCUT2D eigenvalue weighted by Gasteiger charge is -2.30. The largest absolute Gasteiger partial charge is 0.357 e. The van der Waals surface area contributed by atoms with E-state index < -0.39 is 17.3 Å². The molecule has 0 fully saturated rings. The SMILES string of the molecule is CCC(NO)(C(=N)c1ccccc1F)C(=O)NC. The lowest BCUT2D eigenvalue weighted by atomic mass is 9.85. The smallest absolute Gasteiger partial charge is 0.248 e. The van der Waals surface area contributed by atoms with Gasteiger partial charge in [0.15, 0.2) is 5.54 Å². The van der Waals surface area contributed by atoms with E-state index in [0.717, 1.165) is 0 Å². The summed E-state index contributed by atoms with van der Waals surface area (Å²) in [5.74, 6) is -1.21. The van der Waals surface area contributed by atoms with Crippen LogP contribution in [-0.4, -0.2) is 29.4 Å². The van der Waals surface area contributed by atoms with E-state index in [9.17, 15) is 14.4 Å². The van der Waals surface area contributed by atoms with E-state index in [1.807, 2.05) is 5.48 Å². The van der Waals surface area contributed by atoms with Gasteiger partial charge >= 0.3 is 0 Å². The van der Waals surface area contributed by atoms with E-state index in [4.69, 9.17) is 5.41 Å². The Balaban J connectivity index is 3.28. The van der Waals surface area contributed by atoms with Gasteiger partial charge in [0.05, 0.1) is 5.71 Å². The highest BCUT2D eigenvalue weighted by Crippen LogP contribution is 2.19. The van der Waals surface area contributed by atoms with Crippen LogP contribution in [0.2, 0.25) is 0 Å². The molecule has 0 saturated heterocycles. The number of rotatable bonds is 5. The van der Waals surface area contributed by atoms with Gasteiger partial charge < -0.3 is 15.9 Å². The molecule has 1 unspecified atom stereocenters. The summed E-state index contributed by atoms with van der Waals surface area (Å²) in [4.78, 5) is 11.8. The molecular formula is C12H16FN3O2. The van der Waals surface area contributed by atoms with Crippen molar-refractivity contribution in [2.24, 2.45) is 0 Å². The zero-order valence-corrected chi connectivity index (χ0v) is 10.2. The molecule has 0 aliphatic carbocycles. The molecule has 0 saturated carbocycles. The maximum absolute atomic E-state index is 13.6. The molecule has 0 radical (unpaired) electrons. The van der Waals surface area contributed by atoms with Crippen molar-refractivity contribution in [3.05, 3.63) is 35.6 Å². The maximum atomic E-state index is 13.6. The van der Waals surface area contributed by atoms with Gasteiger partial charge in [-0.1, -0.05) is 25.1 Å². The van der Waals surface area contributed by atoms with Gasteiger partial charge in [0.25, 0.3) is 0 Å². The van der Waals surface area contributed by atoms with Gasteiger partial charge in [-0.2, -0.15) is 5.48 Å². The fourth-order valence-electron chi connectivity index (χ4n) is 1.74. The predicted molar refractivity (Wildman–Crippen MR) is 65.2 cm³/mol. The topological polar surface area (TPSA) is 85.2 Å². The van der Waals surface area contributed by atoms with Crippen LogP contribution in [-0.2, 0) is 4.79 Å². The van der Waals surface area contributed by atoms with Gasteiger partial charge in [-0.15, -0.1) is 0 Å². The van der Waals surface area contributed by atoms with Gasteiger partial charge in [0, 0.05) is 12.6 Å². The van der Waals surface area contributed by atoms with Crippen molar-refractivity contribution < 1.29 is 14.4 Å². The van der Waals surface area contributed by atoms with E-state index in [1.165, 1.54) is 25.2 Å². The third kappa shape index (κ3) is 2.25. The third-order valence-electron chi connectivity index (χ3n) is 2.91. The number of likely N-dealkylation sites (N-methyl/N-ethyl adjacent to an activating group) is 1. The quantitative estimate of drug-likeness (QED) is 0.467. The molecule has 1 rings (SSSR count). The Labute approximate surface area is 104 Å². The van der Waals surface area contributed by atoms with Gasteiger partial charge in [-0.25, -0.2) is 4.39 Å². The Kier molecular flexibility index (Phi) is 4.52. The molecule has 1 aromatic carbocycles. The van der Waals surface area contributed by atoms with Gasteiger partial charge in [0.1, 0.15) is 5.82 Å². The van der Waals surface area contributed by atoms with Crippen LogP contribution >= 0.6 is 0 Å². The highest BCUT2D eigenvalue weighted by molar-refractivity contribution is 6.19. The monoisotopic (exact) mass is 253 g/mol. The number of nitrogens with one attached hydrogen (secondary N) is 3. The zero-order valence-electron chi connectivity index (χ0n) is 10.2. The third-order valence-corrected chi connectivity index (χ3v) is 2.91. The van der Waals surface area contributed by atoms with Crippen LogP contribution in [0.4, 0.5) is 4.39 Å². The summed E-state index contributed by atoms with van der Waals surface area (Å²) >= 11 is 0. The second-order valence-corrected chi connectivity index (χ2v) is 3.80. The summed E-state index contributed by atoms with van der Waals surface area (Å²) < 4.78 is 13.6. The Bertz CT molecular complexity index is 458. The molecule has 0 aliphatic rings. The van der Waals surface area contributed by atoms with Crippen LogP contribution in [0, 0.1) is 11.2 Å². The molecule has 4 N–H and O–H groups in total. The van der Waals surface area contributed by atoms with Crippen molar-refractivity contribution in [2.75, 3.05) is 7.05 Å². The molecule has 18 heavy (non-hydrogen) atoms. The number of benzene rings is 1. The molecule has 1 atom stereocenters. The normalized spacial score (nSPS) is 13.8. The number of amides is 1. The molecule has 98 valence electrons. The number of carbonyl (C=O) groups is 1. The molecule has 0 heterocycles. The first-order chi connectivity index (χ1) is 8.53. The average molecular weight is 253 g/mol. The second kappa shape index (κ2) is 5.70. The summed E-state index contributed by atoms with van der Waals surface area (Å²) in [5.41, 5.74) is -0.156. The Morgan fingerprint density at radius 2 is 2.11 bits per heavy atom. The van der Waals surface area contributed by atoms with Gasteiger partial charge in [-0.3, -0.25) is 4.79 Å². The Morgan fingerprint density at radius 1 is 1.50 bits per heavy atom. The molecule has 0 aliphatic heterocycles. The van der Waals surface area contributed by atoms with Crippen LogP contribution in [0.15, 0.2) is 24.3 Å². The summed E-state index contributed by atoms with van der Waals surface area (Å²) in [6.45, 7) is 1.62. The molecule has 0 bridgehead atoms. The number of hydrogen-bond donors (Lipinski definition) is 4. The Hall–Kier alpha value is -1.79. The van der Waals surface area contributed by atoms with Crippen molar-refractivity contribution in [1.29, 1.82) is 5.41 Å². The minimum absolute atomic E-state index is 0.0236. The number of hydroxylamine groups is 1. The summed E-state index contributed by atoms with van der Waals surface area (Å²) in [5, 5.41) is 19.6. The van der Waals surface area contributed by atoms with Crippen molar-refractivity contribution in [2.45, 2.75) is 18.9 Å². The second-order valence-electron chi connectivity index (χ2n) is 3.80. The van der Waals surface area contributed by atoms with E-state index in [-0.39, 0.29) is 17.7 Å². The highest BCUT2D eigenvalue weighted by Gasteiger charge is 2.41. The van der Waals surface area contributed by atoms with Crippen LogP contribution in [0.1, 0.15) is 18.9 Å². The fourth-order valence-corrected chi connectivity index (χ4v) is 1.74. The van der Waals surface area contributed by atoms with Crippen LogP contribution in [0.25, 0.3) is 0 Å². The zero-order chi connectivity index (χ0) is 13.8. The summed E-state index contributed by atoms with van der Waals surface area (Å²) in [6, 6.07) is 5.65. The first-order valence-electron chi connectivity index (χ1n) is 5.50. The van der Waals surface area contributed by atoms with Crippen molar-refractivity contribution >= 4 is 11.6 Å². The van der Waals surface area contributed by atoms with Crippen LogP contribution in [0.3, 0.4) is 0 Å². The molecule has 0 spiro atoms. The maximum Gasteiger partial charge on any atom is 0.248 e. The van der Waals surface area contributed by atoms with E-state index in [2.05, 4.69) is 5.32 Å². The molecule has 1 aromatic rings. The van der Waals surface area contributed by atoms with E-state index in [0.29, 0.717) is 0 Å². The van der Waals surface area contributed by atoms with E-state index in [1.54, 1.807) is 13.0 Å². The lowest BCUT2D eigenvalue weighted by Crippen LogP contribution is -2.60. The highest BCUT2D eigenvalue weighted by atomic mass is 19.1. The first-order valence-corrected chi connectivity index (χ1v) is 5.50. The van der Waals surface area contributed by atoms with Gasteiger partial charge in [-0.05, 0) is 12.5 Å². The fraction of sp³-hybridized carbons (Fsp3) is 0.333. The number of halogens is 1. The van der Waals surface area contributed by atoms with Crippen LogP contribution in [0.5, 0.6) is 0 Å². The molecule has 5 nitrogen and oxygen atoms in total. The molecule has 1 amide bonds. The summed E-state index contributed by atoms with van der Waals surface area (Å²) in [7, 11) is 1.39. The van der Waals surface area contributed by atoms with Crippen molar-refractivity contribution in [1.82, 2.24) is 10.8 Å². The lowest BCUT2D eigenvalue weighted by molar-refractivity contribution is -0.128. The molecule has 0 aromatic heterocycles. The van der Waals surface area contributed by atoms with E-state index >= 15 is 0 Å². The number of carbonyl (C=O) groups excluding carboxylic acids is 1.